The summed E-state index contributed by atoms with van der Waals surface area (Å²) in [6.07, 6.45) is 1.80. The fourth-order valence-electron chi connectivity index (χ4n) is 1.07. The van der Waals surface area contributed by atoms with Crippen LogP contribution in [-0.2, 0) is 4.79 Å². The summed E-state index contributed by atoms with van der Waals surface area (Å²) in [5, 5.41) is 0.120. The van der Waals surface area contributed by atoms with Crippen molar-refractivity contribution in [2.75, 3.05) is 0 Å². The van der Waals surface area contributed by atoms with Gasteiger partial charge in [-0.1, -0.05) is 36.5 Å². The Balaban J connectivity index is 2.98. The lowest BCUT2D eigenvalue weighted by molar-refractivity contribution is -0.109. The van der Waals surface area contributed by atoms with Crippen molar-refractivity contribution in [2.24, 2.45) is 0 Å². The van der Waals surface area contributed by atoms with Gasteiger partial charge in [-0.05, 0) is 24.1 Å². The molecule has 0 radical (unpaired) electrons. The normalized spacial score (nSPS) is 9.69. The van der Waals surface area contributed by atoms with Crippen LogP contribution < -0.4 is 0 Å². The molecular formula is C11H12OS. The van der Waals surface area contributed by atoms with Crippen LogP contribution in [0.4, 0.5) is 0 Å². The summed E-state index contributed by atoms with van der Waals surface area (Å²) in [5.74, 6) is 0. The minimum absolute atomic E-state index is 0.120. The van der Waals surface area contributed by atoms with Gasteiger partial charge in [0.2, 0.25) is 0 Å². The van der Waals surface area contributed by atoms with Crippen LogP contribution in [0.5, 0.6) is 0 Å². The van der Waals surface area contributed by atoms with Gasteiger partial charge in [0, 0.05) is 11.8 Å². The lowest BCUT2D eigenvalue weighted by atomic mass is 10.1. The van der Waals surface area contributed by atoms with Gasteiger partial charge in [-0.2, -0.15) is 0 Å². The molecule has 0 aliphatic carbocycles. The Morgan fingerprint density at radius 3 is 2.69 bits per heavy atom. The lowest BCUT2D eigenvalue weighted by Gasteiger charge is -2.03. The van der Waals surface area contributed by atoms with Gasteiger partial charge in [-0.15, -0.1) is 0 Å². The van der Waals surface area contributed by atoms with E-state index < -0.39 is 0 Å². The maximum absolute atomic E-state index is 10.9. The Morgan fingerprint density at radius 1 is 1.54 bits per heavy atom. The maximum atomic E-state index is 10.9. The smallest absolute Gasteiger partial charge is 0.190 e. The molecule has 0 unspecified atom stereocenters. The monoisotopic (exact) mass is 192 g/mol. The van der Waals surface area contributed by atoms with Crippen LogP contribution in [0.3, 0.4) is 0 Å². The Bertz CT molecular complexity index is 342. The third-order valence-electron chi connectivity index (χ3n) is 1.69. The van der Waals surface area contributed by atoms with Crippen molar-refractivity contribution in [2.45, 2.75) is 18.7 Å². The molecular weight excluding hydrogens is 180 g/mol. The Kier molecular flexibility index (Phi) is 3.32. The molecule has 1 rings (SSSR count). The number of benzene rings is 1. The molecule has 0 aliphatic rings. The van der Waals surface area contributed by atoms with E-state index in [0.29, 0.717) is 0 Å². The summed E-state index contributed by atoms with van der Waals surface area (Å²) in [7, 11) is 0. The first kappa shape index (κ1) is 10.1. The van der Waals surface area contributed by atoms with E-state index >= 15 is 0 Å². The van der Waals surface area contributed by atoms with Gasteiger partial charge >= 0.3 is 0 Å². The number of aryl methyl sites for hydroxylation is 1. The van der Waals surface area contributed by atoms with Crippen LogP contribution in [-0.4, -0.2) is 5.12 Å². The van der Waals surface area contributed by atoms with Gasteiger partial charge in [0.1, 0.15) is 0 Å². The highest BCUT2D eigenvalue weighted by Crippen LogP contribution is 2.23. The second kappa shape index (κ2) is 4.28. The summed E-state index contributed by atoms with van der Waals surface area (Å²) in [6, 6.07) is 5.95. The van der Waals surface area contributed by atoms with Gasteiger partial charge in [-0.25, -0.2) is 0 Å². The highest BCUT2D eigenvalue weighted by Gasteiger charge is 2.01. The maximum Gasteiger partial charge on any atom is 0.190 e. The predicted molar refractivity (Wildman–Crippen MR) is 57.8 cm³/mol. The van der Waals surface area contributed by atoms with Crippen LogP contribution in [0.15, 0.2) is 29.7 Å². The van der Waals surface area contributed by atoms with E-state index in [1.165, 1.54) is 11.8 Å². The number of carbonyl (C=O) groups excluding carboxylic acids is 1. The van der Waals surface area contributed by atoms with Gasteiger partial charge in [-0.3, -0.25) is 4.79 Å². The van der Waals surface area contributed by atoms with Crippen LogP contribution >= 0.6 is 11.8 Å². The van der Waals surface area contributed by atoms with Gasteiger partial charge < -0.3 is 0 Å². The van der Waals surface area contributed by atoms with E-state index in [4.69, 9.17) is 0 Å². The average Bonchev–Trinajstić information content (AvgIpc) is 2.08. The van der Waals surface area contributed by atoms with Crippen LogP contribution in [0.25, 0.3) is 6.08 Å². The number of thioether (sulfide) groups is 1. The Hall–Kier alpha value is -1.02. The van der Waals surface area contributed by atoms with Crippen LogP contribution in [0.2, 0.25) is 0 Å². The van der Waals surface area contributed by atoms with E-state index in [2.05, 4.69) is 6.58 Å². The standard InChI is InChI=1S/C11H12OS/c1-4-10-5-6-11(8(2)7-10)13-9(3)12/h4-7H,1H2,2-3H3. The summed E-state index contributed by atoms with van der Waals surface area (Å²) >= 11 is 1.27. The third kappa shape index (κ3) is 2.74. The number of hydrogen-bond acceptors (Lipinski definition) is 2. The second-order valence-corrected chi connectivity index (χ2v) is 4.04. The van der Waals surface area contributed by atoms with Crippen LogP contribution in [0.1, 0.15) is 18.1 Å². The molecule has 0 aliphatic heterocycles. The molecule has 1 aromatic rings. The molecule has 0 saturated carbocycles. The van der Waals surface area contributed by atoms with Crippen molar-refractivity contribution in [1.82, 2.24) is 0 Å². The first-order valence-electron chi connectivity index (χ1n) is 4.05. The first-order chi connectivity index (χ1) is 6.13. The molecule has 1 nitrogen and oxygen atoms in total. The molecule has 13 heavy (non-hydrogen) atoms. The largest absolute Gasteiger partial charge is 0.287 e. The molecule has 0 atom stereocenters. The van der Waals surface area contributed by atoms with Crippen molar-refractivity contribution in [3.05, 3.63) is 35.9 Å². The topological polar surface area (TPSA) is 17.1 Å². The Labute approximate surface area is 82.9 Å². The molecule has 0 bridgehead atoms. The molecule has 0 amide bonds. The molecule has 0 N–H and O–H groups in total. The van der Waals surface area contributed by atoms with E-state index in [1.54, 1.807) is 13.0 Å². The quantitative estimate of drug-likeness (QED) is 0.669. The summed E-state index contributed by atoms with van der Waals surface area (Å²) in [6.45, 7) is 7.26. The average molecular weight is 192 g/mol. The summed E-state index contributed by atoms with van der Waals surface area (Å²) in [4.78, 5) is 11.9. The lowest BCUT2D eigenvalue weighted by Crippen LogP contribution is -1.85. The highest BCUT2D eigenvalue weighted by molar-refractivity contribution is 8.13. The van der Waals surface area contributed by atoms with Crippen LogP contribution in [0, 0.1) is 6.92 Å². The van der Waals surface area contributed by atoms with Crippen molar-refractivity contribution in [3.8, 4) is 0 Å². The van der Waals surface area contributed by atoms with Crippen molar-refractivity contribution in [3.63, 3.8) is 0 Å². The second-order valence-electron chi connectivity index (χ2n) is 2.82. The molecule has 68 valence electrons. The summed E-state index contributed by atoms with van der Waals surface area (Å²) in [5.41, 5.74) is 2.21. The van der Waals surface area contributed by atoms with E-state index in [9.17, 15) is 4.79 Å². The summed E-state index contributed by atoms with van der Waals surface area (Å²) < 4.78 is 0. The number of rotatable bonds is 2. The zero-order chi connectivity index (χ0) is 9.84. The van der Waals surface area contributed by atoms with E-state index in [1.807, 2.05) is 25.1 Å². The highest BCUT2D eigenvalue weighted by atomic mass is 32.2. The van der Waals surface area contributed by atoms with Gasteiger partial charge in [0.25, 0.3) is 0 Å². The number of carbonyl (C=O) groups is 1. The molecule has 1 aromatic carbocycles. The third-order valence-corrected chi connectivity index (χ3v) is 2.65. The first-order valence-corrected chi connectivity index (χ1v) is 4.86. The van der Waals surface area contributed by atoms with Gasteiger partial charge in [0.15, 0.2) is 5.12 Å². The minimum atomic E-state index is 0.120. The zero-order valence-electron chi connectivity index (χ0n) is 7.83. The molecule has 0 aromatic heterocycles. The van der Waals surface area contributed by atoms with E-state index in [0.717, 1.165) is 16.0 Å². The number of hydrogen-bond donors (Lipinski definition) is 0. The SMILES string of the molecule is C=Cc1ccc(SC(C)=O)c(C)c1. The Morgan fingerprint density at radius 2 is 2.23 bits per heavy atom. The minimum Gasteiger partial charge on any atom is -0.287 e. The fraction of sp³-hybridized carbons (Fsp3) is 0.182. The van der Waals surface area contributed by atoms with Crippen molar-refractivity contribution < 1.29 is 4.79 Å². The fourth-order valence-corrected chi connectivity index (χ4v) is 1.73. The van der Waals surface area contributed by atoms with E-state index in [-0.39, 0.29) is 5.12 Å². The molecule has 0 fully saturated rings. The molecule has 0 spiro atoms. The molecule has 2 heteroatoms. The molecule has 0 saturated heterocycles. The predicted octanol–water partition coefficient (Wildman–Crippen LogP) is 3.28. The molecule has 0 heterocycles. The van der Waals surface area contributed by atoms with Gasteiger partial charge in [0.05, 0.1) is 0 Å². The zero-order valence-corrected chi connectivity index (χ0v) is 8.65. The van der Waals surface area contributed by atoms with Crippen molar-refractivity contribution in [1.29, 1.82) is 0 Å². The van der Waals surface area contributed by atoms with Crippen molar-refractivity contribution >= 4 is 23.0 Å².